The fourth-order valence-corrected chi connectivity index (χ4v) is 1.04. The van der Waals surface area contributed by atoms with E-state index >= 15 is 0 Å². The molecule has 0 saturated heterocycles. The molecular formula is C9H15N4+. The van der Waals surface area contributed by atoms with Crippen LogP contribution < -0.4 is 21.8 Å². The Labute approximate surface area is 77.7 Å². The van der Waals surface area contributed by atoms with Gasteiger partial charge in [0.2, 0.25) is 0 Å². The van der Waals surface area contributed by atoms with E-state index in [2.05, 4.69) is 17.2 Å². The third-order valence-corrected chi connectivity index (χ3v) is 1.55. The molecule has 0 aliphatic rings. The van der Waals surface area contributed by atoms with Crippen molar-refractivity contribution in [3.63, 3.8) is 0 Å². The number of nitrogens with one attached hydrogen (secondary N) is 2. The molecular weight excluding hydrogens is 164 g/mol. The van der Waals surface area contributed by atoms with Crippen molar-refractivity contribution >= 4 is 17.3 Å². The highest BCUT2D eigenvalue weighted by Gasteiger charge is 1.93. The van der Waals surface area contributed by atoms with Crippen LogP contribution in [0.15, 0.2) is 24.3 Å². The average Bonchev–Trinajstić information content (AvgIpc) is 2.08. The predicted octanol–water partition coefficient (Wildman–Crippen LogP) is -0.896. The summed E-state index contributed by atoms with van der Waals surface area (Å²) in [6.45, 7) is 2.97. The van der Waals surface area contributed by atoms with E-state index in [1.54, 1.807) is 0 Å². The van der Waals surface area contributed by atoms with Gasteiger partial charge in [0.15, 0.2) is 0 Å². The first-order chi connectivity index (χ1) is 6.22. The lowest BCUT2D eigenvalue weighted by Gasteiger charge is -2.01. The lowest BCUT2D eigenvalue weighted by Crippen LogP contribution is -2.72. The Morgan fingerprint density at radius 3 is 2.38 bits per heavy atom. The molecule has 0 heterocycles. The first-order valence-corrected chi connectivity index (χ1v) is 4.21. The molecule has 6 N–H and O–H groups in total. The molecule has 0 aromatic heterocycles. The van der Waals surface area contributed by atoms with Gasteiger partial charge in [0.05, 0.1) is 5.69 Å². The van der Waals surface area contributed by atoms with Crippen LogP contribution in [0.1, 0.15) is 6.92 Å². The summed E-state index contributed by atoms with van der Waals surface area (Å²) in [6, 6.07) is 7.76. The molecule has 0 fully saturated rings. The lowest BCUT2D eigenvalue weighted by molar-refractivity contribution is -0.356. The van der Waals surface area contributed by atoms with Crippen molar-refractivity contribution in [2.75, 3.05) is 11.9 Å². The minimum Gasteiger partial charge on any atom is -0.385 e. The molecule has 0 spiro atoms. The SMILES string of the molecule is CCNc1ccc([NH+]=C(N)N)cc1. The third kappa shape index (κ3) is 3.02. The largest absolute Gasteiger partial charge is 0.385 e. The second-order valence-corrected chi connectivity index (χ2v) is 2.69. The maximum absolute atomic E-state index is 5.29. The van der Waals surface area contributed by atoms with Crippen molar-refractivity contribution in [3.8, 4) is 0 Å². The molecule has 1 aromatic rings. The smallest absolute Gasteiger partial charge is 0.343 e. The zero-order chi connectivity index (χ0) is 9.68. The molecule has 0 saturated carbocycles. The number of guanidine groups is 1. The van der Waals surface area contributed by atoms with Crippen molar-refractivity contribution < 1.29 is 4.99 Å². The predicted molar refractivity (Wildman–Crippen MR) is 54.6 cm³/mol. The van der Waals surface area contributed by atoms with E-state index in [1.165, 1.54) is 0 Å². The Balaban J connectivity index is 2.75. The maximum atomic E-state index is 5.29. The Morgan fingerprint density at radius 1 is 1.31 bits per heavy atom. The summed E-state index contributed by atoms with van der Waals surface area (Å²) < 4.78 is 0. The number of nitrogens with two attached hydrogens (primary N) is 2. The van der Waals surface area contributed by atoms with Crippen molar-refractivity contribution in [2.45, 2.75) is 6.92 Å². The molecule has 70 valence electrons. The molecule has 4 nitrogen and oxygen atoms in total. The Kier molecular flexibility index (Phi) is 3.14. The quantitative estimate of drug-likeness (QED) is 0.359. The van der Waals surface area contributed by atoms with Gasteiger partial charge in [-0.3, -0.25) is 11.5 Å². The minimum absolute atomic E-state index is 0.205. The third-order valence-electron chi connectivity index (χ3n) is 1.55. The van der Waals surface area contributed by atoms with E-state index in [0.717, 1.165) is 17.9 Å². The standard InChI is InChI=1S/C9H14N4/c1-2-12-7-3-5-8(6-4-7)13-9(10)11/h3-6,12H,2H2,1H3,(H4,10,11,13)/p+1. The second-order valence-electron chi connectivity index (χ2n) is 2.69. The normalized spacial score (nSPS) is 9.31. The van der Waals surface area contributed by atoms with Crippen LogP contribution in [0.2, 0.25) is 0 Å². The number of benzene rings is 1. The van der Waals surface area contributed by atoms with E-state index in [9.17, 15) is 0 Å². The van der Waals surface area contributed by atoms with E-state index in [1.807, 2.05) is 24.3 Å². The molecule has 4 heteroatoms. The van der Waals surface area contributed by atoms with Crippen molar-refractivity contribution in [2.24, 2.45) is 11.5 Å². The second kappa shape index (κ2) is 4.35. The van der Waals surface area contributed by atoms with Crippen molar-refractivity contribution in [1.82, 2.24) is 0 Å². The van der Waals surface area contributed by atoms with Gasteiger partial charge < -0.3 is 5.32 Å². The fourth-order valence-electron chi connectivity index (χ4n) is 1.04. The van der Waals surface area contributed by atoms with Gasteiger partial charge in [-0.25, -0.2) is 4.99 Å². The molecule has 1 aromatic carbocycles. The minimum atomic E-state index is 0.205. The summed E-state index contributed by atoms with van der Waals surface area (Å²) in [4.78, 5) is 2.82. The first-order valence-electron chi connectivity index (χ1n) is 4.21. The first kappa shape index (κ1) is 9.38. The summed E-state index contributed by atoms with van der Waals surface area (Å²) in [5.74, 6) is 0.205. The van der Waals surface area contributed by atoms with Gasteiger partial charge in [-0.05, 0) is 31.2 Å². The van der Waals surface area contributed by atoms with E-state index < -0.39 is 0 Å². The van der Waals surface area contributed by atoms with Crippen LogP contribution in [-0.2, 0) is 0 Å². The summed E-state index contributed by atoms with van der Waals surface area (Å²) in [6.07, 6.45) is 0. The molecule has 13 heavy (non-hydrogen) atoms. The summed E-state index contributed by atoms with van der Waals surface area (Å²) in [7, 11) is 0. The number of anilines is 1. The topological polar surface area (TPSA) is 78.0 Å². The lowest BCUT2D eigenvalue weighted by atomic mass is 10.3. The van der Waals surface area contributed by atoms with Gasteiger partial charge in [0.25, 0.3) is 0 Å². The Morgan fingerprint density at radius 2 is 1.92 bits per heavy atom. The maximum Gasteiger partial charge on any atom is 0.343 e. The monoisotopic (exact) mass is 179 g/mol. The summed E-state index contributed by atoms with van der Waals surface area (Å²) in [5.41, 5.74) is 12.6. The van der Waals surface area contributed by atoms with Crippen molar-refractivity contribution in [1.29, 1.82) is 0 Å². The van der Waals surface area contributed by atoms with Gasteiger partial charge in [-0.1, -0.05) is 0 Å². The summed E-state index contributed by atoms with van der Waals surface area (Å²) in [5, 5.41) is 3.19. The number of hydrogen-bond acceptors (Lipinski definition) is 1. The molecule has 0 unspecified atom stereocenters. The Bertz CT molecular complexity index is 285. The molecule has 0 aliphatic carbocycles. The molecule has 0 amide bonds. The highest BCUT2D eigenvalue weighted by Crippen LogP contribution is 2.08. The van der Waals surface area contributed by atoms with Crippen LogP contribution >= 0.6 is 0 Å². The van der Waals surface area contributed by atoms with E-state index in [-0.39, 0.29) is 5.96 Å². The van der Waals surface area contributed by atoms with Gasteiger partial charge in [-0.15, -0.1) is 0 Å². The molecule has 0 radical (unpaired) electrons. The average molecular weight is 179 g/mol. The van der Waals surface area contributed by atoms with E-state index in [0.29, 0.717) is 0 Å². The highest BCUT2D eigenvalue weighted by atomic mass is 15.0. The zero-order valence-corrected chi connectivity index (χ0v) is 7.67. The molecule has 1 rings (SSSR count). The fraction of sp³-hybridized carbons (Fsp3) is 0.222. The van der Waals surface area contributed by atoms with Gasteiger partial charge in [-0.2, -0.15) is 0 Å². The van der Waals surface area contributed by atoms with Crippen LogP contribution in [0.5, 0.6) is 0 Å². The highest BCUT2D eigenvalue weighted by molar-refractivity contribution is 5.70. The van der Waals surface area contributed by atoms with Gasteiger partial charge in [0, 0.05) is 12.2 Å². The molecule has 0 aliphatic heterocycles. The van der Waals surface area contributed by atoms with Crippen LogP contribution in [0.3, 0.4) is 0 Å². The Hall–Kier alpha value is -1.71. The number of hydrogen-bond donors (Lipinski definition) is 4. The van der Waals surface area contributed by atoms with Crippen molar-refractivity contribution in [3.05, 3.63) is 24.3 Å². The molecule has 0 bridgehead atoms. The van der Waals surface area contributed by atoms with E-state index in [4.69, 9.17) is 11.5 Å². The zero-order valence-electron chi connectivity index (χ0n) is 7.67. The number of rotatable bonds is 3. The summed E-state index contributed by atoms with van der Waals surface area (Å²) >= 11 is 0. The van der Waals surface area contributed by atoms with Crippen LogP contribution in [0.4, 0.5) is 11.4 Å². The van der Waals surface area contributed by atoms with Gasteiger partial charge >= 0.3 is 5.96 Å². The van der Waals surface area contributed by atoms with Crippen LogP contribution in [0.25, 0.3) is 0 Å². The molecule has 0 atom stereocenters. The van der Waals surface area contributed by atoms with Gasteiger partial charge in [0.1, 0.15) is 0 Å². The van der Waals surface area contributed by atoms with Crippen LogP contribution in [0, 0.1) is 0 Å². The van der Waals surface area contributed by atoms with Crippen LogP contribution in [-0.4, -0.2) is 12.5 Å².